The molecular formula is C10H6F7O. The molecule has 0 atom stereocenters. The molecule has 0 aliphatic heterocycles. The van der Waals surface area contributed by atoms with Crippen molar-refractivity contribution in [2.75, 3.05) is 6.61 Å². The van der Waals surface area contributed by atoms with Crippen LogP contribution in [0, 0.1) is 6.07 Å². The van der Waals surface area contributed by atoms with E-state index in [2.05, 4.69) is 10.8 Å². The molecule has 101 valence electrons. The number of ether oxygens (including phenoxy) is 1. The predicted molar refractivity (Wildman–Crippen MR) is 46.7 cm³/mol. The van der Waals surface area contributed by atoms with E-state index < -0.39 is 24.6 Å². The molecule has 0 saturated carbocycles. The van der Waals surface area contributed by atoms with Crippen molar-refractivity contribution < 1.29 is 35.5 Å². The summed E-state index contributed by atoms with van der Waals surface area (Å²) >= 11 is 0. The summed E-state index contributed by atoms with van der Waals surface area (Å²) in [5, 5.41) is 0. The van der Waals surface area contributed by atoms with Gasteiger partial charge in [0.1, 0.15) is 5.75 Å². The van der Waals surface area contributed by atoms with Crippen LogP contribution < -0.4 is 4.74 Å². The van der Waals surface area contributed by atoms with Crippen molar-refractivity contribution in [3.05, 3.63) is 30.3 Å². The van der Waals surface area contributed by atoms with Gasteiger partial charge in [0.2, 0.25) is 0 Å². The second kappa shape index (κ2) is 4.66. The Morgan fingerprint density at radius 2 is 1.44 bits per heavy atom. The van der Waals surface area contributed by atoms with Gasteiger partial charge in [-0.1, -0.05) is 12.1 Å². The van der Waals surface area contributed by atoms with E-state index in [0.717, 1.165) is 12.1 Å². The van der Waals surface area contributed by atoms with Gasteiger partial charge in [-0.25, -0.2) is 0 Å². The zero-order valence-electron chi connectivity index (χ0n) is 8.57. The zero-order valence-corrected chi connectivity index (χ0v) is 8.57. The van der Waals surface area contributed by atoms with Crippen LogP contribution in [0.4, 0.5) is 30.7 Å². The molecule has 0 N–H and O–H groups in total. The monoisotopic (exact) mass is 275 g/mol. The van der Waals surface area contributed by atoms with E-state index in [4.69, 9.17) is 0 Å². The van der Waals surface area contributed by atoms with Crippen molar-refractivity contribution in [2.45, 2.75) is 18.0 Å². The number of benzene rings is 1. The number of rotatable bonds is 4. The van der Waals surface area contributed by atoms with Gasteiger partial charge < -0.3 is 4.74 Å². The molecule has 0 heterocycles. The summed E-state index contributed by atoms with van der Waals surface area (Å²) < 4.78 is 90.0. The fraction of sp³-hybridized carbons (Fsp3) is 0.400. The Labute approximate surface area is 97.2 Å². The van der Waals surface area contributed by atoms with E-state index in [9.17, 15) is 30.7 Å². The molecule has 18 heavy (non-hydrogen) atoms. The lowest BCUT2D eigenvalue weighted by molar-refractivity contribution is -0.358. The second-order valence-electron chi connectivity index (χ2n) is 3.30. The van der Waals surface area contributed by atoms with Gasteiger partial charge in [-0.05, 0) is 18.2 Å². The molecule has 0 aromatic heterocycles. The smallest absolute Gasteiger partial charge is 0.460 e. The van der Waals surface area contributed by atoms with Crippen molar-refractivity contribution in [1.82, 2.24) is 0 Å². The van der Waals surface area contributed by atoms with Crippen LogP contribution in [0.15, 0.2) is 24.3 Å². The molecular weight excluding hydrogens is 269 g/mol. The summed E-state index contributed by atoms with van der Waals surface area (Å²) in [7, 11) is 0. The summed E-state index contributed by atoms with van der Waals surface area (Å²) in [5.41, 5.74) is 0. The number of halogens is 7. The Hall–Kier alpha value is -1.47. The molecule has 8 heteroatoms. The highest BCUT2D eigenvalue weighted by Gasteiger charge is 2.73. The standard InChI is InChI=1S/C10H6F7O/c11-8(12,9(13,14)10(15,16)17)6-18-7-4-2-1-3-5-7/h2-5H,6H2. The van der Waals surface area contributed by atoms with E-state index in [1.54, 1.807) is 0 Å². The van der Waals surface area contributed by atoms with Gasteiger partial charge in [-0.3, -0.25) is 0 Å². The Morgan fingerprint density at radius 3 is 1.89 bits per heavy atom. The minimum atomic E-state index is -6.34. The quantitative estimate of drug-likeness (QED) is 0.761. The molecule has 0 amide bonds. The third kappa shape index (κ3) is 2.85. The first-order valence-corrected chi connectivity index (χ1v) is 4.49. The molecule has 0 fully saturated rings. The highest BCUT2D eigenvalue weighted by atomic mass is 19.4. The van der Waals surface area contributed by atoms with Crippen LogP contribution >= 0.6 is 0 Å². The van der Waals surface area contributed by atoms with Crippen molar-refractivity contribution in [1.29, 1.82) is 0 Å². The normalized spacial score (nSPS) is 13.5. The Kier molecular flexibility index (Phi) is 3.78. The van der Waals surface area contributed by atoms with Gasteiger partial charge in [0.25, 0.3) is 0 Å². The van der Waals surface area contributed by atoms with Crippen LogP contribution in [0.25, 0.3) is 0 Å². The lowest BCUT2D eigenvalue weighted by Crippen LogP contribution is -2.54. The predicted octanol–water partition coefficient (Wildman–Crippen LogP) is 3.70. The molecule has 0 aliphatic carbocycles. The number of hydrogen-bond acceptors (Lipinski definition) is 1. The maximum atomic E-state index is 12.8. The molecule has 1 aromatic rings. The maximum absolute atomic E-state index is 12.8. The van der Waals surface area contributed by atoms with Crippen LogP contribution in [0.1, 0.15) is 0 Å². The second-order valence-corrected chi connectivity index (χ2v) is 3.30. The SMILES string of the molecule is FC(F)(F)C(F)(F)C(F)(F)COc1cc[c]cc1. The van der Waals surface area contributed by atoms with Crippen molar-refractivity contribution in [3.63, 3.8) is 0 Å². The highest BCUT2D eigenvalue weighted by Crippen LogP contribution is 2.46. The van der Waals surface area contributed by atoms with E-state index in [-0.39, 0.29) is 5.75 Å². The molecule has 1 aromatic carbocycles. The van der Waals surface area contributed by atoms with Crippen molar-refractivity contribution >= 4 is 0 Å². The molecule has 0 aliphatic rings. The number of alkyl halides is 7. The summed E-state index contributed by atoms with van der Waals surface area (Å²) in [6.45, 7) is -2.08. The van der Waals surface area contributed by atoms with Gasteiger partial charge in [0, 0.05) is 0 Å². The summed E-state index contributed by atoms with van der Waals surface area (Å²) in [6, 6.07) is 7.15. The van der Waals surface area contributed by atoms with Crippen LogP contribution in [0.2, 0.25) is 0 Å². The summed E-state index contributed by atoms with van der Waals surface area (Å²) in [5.74, 6) is -11.8. The largest absolute Gasteiger partial charge is 0.487 e. The third-order valence-electron chi connectivity index (χ3n) is 1.92. The first kappa shape index (κ1) is 14.6. The molecule has 1 radical (unpaired) electrons. The zero-order chi connectivity index (χ0) is 14.0. The van der Waals surface area contributed by atoms with E-state index >= 15 is 0 Å². The molecule has 0 unspecified atom stereocenters. The van der Waals surface area contributed by atoms with Crippen molar-refractivity contribution in [3.8, 4) is 5.75 Å². The van der Waals surface area contributed by atoms with Crippen LogP contribution in [0.3, 0.4) is 0 Å². The molecule has 0 spiro atoms. The van der Waals surface area contributed by atoms with Gasteiger partial charge in [-0.15, -0.1) is 0 Å². The van der Waals surface area contributed by atoms with Crippen LogP contribution in [0.5, 0.6) is 5.75 Å². The highest BCUT2D eigenvalue weighted by molar-refractivity contribution is 5.20. The van der Waals surface area contributed by atoms with Crippen LogP contribution in [-0.4, -0.2) is 24.6 Å². The van der Waals surface area contributed by atoms with Crippen LogP contribution in [-0.2, 0) is 0 Å². The molecule has 0 saturated heterocycles. The number of hydrogen-bond donors (Lipinski definition) is 0. The van der Waals surface area contributed by atoms with Gasteiger partial charge >= 0.3 is 18.0 Å². The lowest BCUT2D eigenvalue weighted by atomic mass is 10.2. The van der Waals surface area contributed by atoms with E-state index in [1.165, 1.54) is 12.1 Å². The topological polar surface area (TPSA) is 9.23 Å². The minimum absolute atomic E-state index is 0.258. The average molecular weight is 275 g/mol. The third-order valence-corrected chi connectivity index (χ3v) is 1.92. The van der Waals surface area contributed by atoms with E-state index in [1.807, 2.05) is 0 Å². The van der Waals surface area contributed by atoms with Gasteiger partial charge in [0.05, 0.1) is 0 Å². The Bertz CT molecular complexity index is 385. The van der Waals surface area contributed by atoms with E-state index in [0.29, 0.717) is 0 Å². The first-order valence-electron chi connectivity index (χ1n) is 4.49. The Balaban J connectivity index is 2.77. The maximum Gasteiger partial charge on any atom is 0.460 e. The Morgan fingerprint density at radius 1 is 0.944 bits per heavy atom. The van der Waals surface area contributed by atoms with Gasteiger partial charge in [-0.2, -0.15) is 30.7 Å². The van der Waals surface area contributed by atoms with Gasteiger partial charge in [0.15, 0.2) is 6.61 Å². The minimum Gasteiger partial charge on any atom is -0.487 e. The molecule has 1 nitrogen and oxygen atoms in total. The molecule has 1 rings (SSSR count). The first-order chi connectivity index (χ1) is 8.08. The molecule has 0 bridgehead atoms. The lowest BCUT2D eigenvalue weighted by Gasteiger charge is -2.27. The fourth-order valence-corrected chi connectivity index (χ4v) is 0.940. The average Bonchev–Trinajstić information content (AvgIpc) is 2.26. The summed E-state index contributed by atoms with van der Waals surface area (Å²) in [6.07, 6.45) is -6.34. The summed E-state index contributed by atoms with van der Waals surface area (Å²) in [4.78, 5) is 0. The van der Waals surface area contributed by atoms with Crippen molar-refractivity contribution in [2.24, 2.45) is 0 Å². The fourth-order valence-electron chi connectivity index (χ4n) is 0.940.